The molecule has 2 aliphatic rings. The van der Waals surface area contributed by atoms with E-state index in [4.69, 9.17) is 0 Å². The van der Waals surface area contributed by atoms with Gasteiger partial charge in [-0.2, -0.15) is 0 Å². The first-order chi connectivity index (χ1) is 10.9. The second kappa shape index (κ2) is 6.04. The largest absolute Gasteiger partial charge is 0.343 e. The Morgan fingerprint density at radius 2 is 2.00 bits per heavy atom. The summed E-state index contributed by atoms with van der Waals surface area (Å²) in [5.41, 5.74) is 0. The van der Waals surface area contributed by atoms with Crippen LogP contribution in [0.2, 0.25) is 0 Å². The van der Waals surface area contributed by atoms with Gasteiger partial charge in [-0.3, -0.25) is 19.7 Å². The third kappa shape index (κ3) is 2.78. The highest BCUT2D eigenvalue weighted by Gasteiger charge is 2.53. The highest BCUT2D eigenvalue weighted by Crippen LogP contribution is 2.41. The molecule has 0 spiro atoms. The van der Waals surface area contributed by atoms with Crippen LogP contribution in [0.4, 0.5) is 0 Å². The van der Waals surface area contributed by atoms with Crippen molar-refractivity contribution in [2.75, 3.05) is 6.26 Å². The van der Waals surface area contributed by atoms with Crippen molar-refractivity contribution in [1.29, 1.82) is 0 Å². The van der Waals surface area contributed by atoms with E-state index in [-0.39, 0.29) is 23.2 Å². The van der Waals surface area contributed by atoms with Gasteiger partial charge in [-0.15, -0.1) is 10.2 Å². The molecule has 23 heavy (non-hydrogen) atoms. The Bertz CT molecular complexity index is 666. The summed E-state index contributed by atoms with van der Waals surface area (Å²) < 4.78 is 0.762. The van der Waals surface area contributed by atoms with Gasteiger partial charge >= 0.3 is 11.8 Å². The Kier molecular flexibility index (Phi) is 4.23. The number of rotatable bonds is 3. The fourth-order valence-electron chi connectivity index (χ4n) is 3.32. The Morgan fingerprint density at radius 3 is 2.61 bits per heavy atom. The Hall–Kier alpha value is -1.75. The Labute approximate surface area is 139 Å². The van der Waals surface area contributed by atoms with Crippen molar-refractivity contribution >= 4 is 34.9 Å². The molecular weight excluding hydrogens is 342 g/mol. The molecule has 0 radical (unpaired) electrons. The van der Waals surface area contributed by atoms with Crippen LogP contribution in [0.3, 0.4) is 0 Å². The van der Waals surface area contributed by atoms with E-state index in [1.807, 2.05) is 6.26 Å². The molecule has 2 N–H and O–H groups in total. The normalized spacial score (nSPS) is 33.6. The molecule has 1 aliphatic heterocycles. The van der Waals surface area contributed by atoms with E-state index in [2.05, 4.69) is 20.8 Å². The zero-order valence-corrected chi connectivity index (χ0v) is 14.0. The molecule has 1 aromatic rings. The number of nitrogens with zero attached hydrogens (tertiary/aromatic N) is 3. The lowest BCUT2D eigenvalue weighted by Crippen LogP contribution is -2.68. The van der Waals surface area contributed by atoms with E-state index in [1.54, 1.807) is 6.92 Å². The van der Waals surface area contributed by atoms with Crippen molar-refractivity contribution < 1.29 is 14.5 Å². The molecule has 2 heterocycles. The smallest absolute Gasteiger partial charge is 0.309 e. The topological polar surface area (TPSA) is 127 Å². The monoisotopic (exact) mass is 357 g/mol. The lowest BCUT2D eigenvalue weighted by Gasteiger charge is -2.44. The maximum atomic E-state index is 11.7. The van der Waals surface area contributed by atoms with Crippen LogP contribution in [0, 0.1) is 16.0 Å². The molecule has 124 valence electrons. The number of hydrogen-bond acceptors (Lipinski definition) is 8. The molecule has 2 amide bonds. The van der Waals surface area contributed by atoms with E-state index in [0.29, 0.717) is 5.01 Å². The van der Waals surface area contributed by atoms with E-state index in [0.717, 1.165) is 4.34 Å². The highest BCUT2D eigenvalue weighted by molar-refractivity contribution is 8.00. The van der Waals surface area contributed by atoms with Crippen molar-refractivity contribution in [3.63, 3.8) is 0 Å². The van der Waals surface area contributed by atoms with Gasteiger partial charge in [-0.1, -0.05) is 30.0 Å². The maximum Gasteiger partial charge on any atom is 0.309 e. The average molecular weight is 357 g/mol. The van der Waals surface area contributed by atoms with Crippen LogP contribution in [0.1, 0.15) is 24.3 Å². The van der Waals surface area contributed by atoms with Gasteiger partial charge in [0.15, 0.2) is 4.34 Å². The number of thioether (sulfide) groups is 1. The van der Waals surface area contributed by atoms with Crippen LogP contribution < -0.4 is 10.6 Å². The molecule has 5 unspecified atom stereocenters. The van der Waals surface area contributed by atoms with E-state index in [9.17, 15) is 19.7 Å². The molecule has 1 aromatic heterocycles. The zero-order chi connectivity index (χ0) is 16.7. The number of nitrogens with one attached hydrogen (secondary N) is 2. The minimum Gasteiger partial charge on any atom is -0.343 e. The quantitative estimate of drug-likeness (QED) is 0.338. The second-order valence-electron chi connectivity index (χ2n) is 5.66. The molecule has 2 fully saturated rings. The third-order valence-corrected chi connectivity index (χ3v) is 6.46. The minimum atomic E-state index is -0.807. The van der Waals surface area contributed by atoms with Crippen LogP contribution in [-0.2, 0) is 9.59 Å². The summed E-state index contributed by atoms with van der Waals surface area (Å²) >= 11 is 2.82. The van der Waals surface area contributed by atoms with Gasteiger partial charge in [0.2, 0.25) is 6.04 Å². The molecule has 5 atom stereocenters. The summed E-state index contributed by atoms with van der Waals surface area (Å²) in [7, 11) is 0. The molecule has 9 nitrogen and oxygen atoms in total. The van der Waals surface area contributed by atoms with Gasteiger partial charge in [0, 0.05) is 23.2 Å². The van der Waals surface area contributed by atoms with Crippen LogP contribution in [-0.4, -0.2) is 51.3 Å². The molecule has 3 rings (SSSR count). The number of amides is 2. The van der Waals surface area contributed by atoms with Crippen LogP contribution >= 0.6 is 23.1 Å². The Balaban J connectivity index is 1.98. The van der Waals surface area contributed by atoms with Crippen LogP contribution in [0.15, 0.2) is 4.34 Å². The molecule has 1 saturated heterocycles. The van der Waals surface area contributed by atoms with E-state index >= 15 is 0 Å². The summed E-state index contributed by atoms with van der Waals surface area (Å²) in [6.07, 6.45) is 2.06. The number of nitro groups is 1. The molecule has 0 aromatic carbocycles. The van der Waals surface area contributed by atoms with Crippen molar-refractivity contribution in [3.05, 3.63) is 15.1 Å². The van der Waals surface area contributed by atoms with E-state index in [1.165, 1.54) is 23.1 Å². The molecule has 11 heteroatoms. The Morgan fingerprint density at radius 1 is 1.30 bits per heavy atom. The predicted molar refractivity (Wildman–Crippen MR) is 82.9 cm³/mol. The van der Waals surface area contributed by atoms with Gasteiger partial charge in [-0.05, 0) is 6.26 Å². The molecule has 1 aliphatic carbocycles. The van der Waals surface area contributed by atoms with Crippen molar-refractivity contribution in [2.45, 2.75) is 41.7 Å². The first-order valence-electron chi connectivity index (χ1n) is 7.04. The van der Waals surface area contributed by atoms with Gasteiger partial charge in [0.25, 0.3) is 0 Å². The molecule has 1 saturated carbocycles. The fourth-order valence-corrected chi connectivity index (χ4v) is 4.87. The molecule has 0 bridgehead atoms. The van der Waals surface area contributed by atoms with E-state index < -0.39 is 29.9 Å². The van der Waals surface area contributed by atoms with Crippen molar-refractivity contribution in [1.82, 2.24) is 20.8 Å². The summed E-state index contributed by atoms with van der Waals surface area (Å²) in [5, 5.41) is 25.5. The number of hydrogen-bond donors (Lipinski definition) is 2. The summed E-state index contributed by atoms with van der Waals surface area (Å²) in [6, 6.07) is -1.69. The number of carbonyl (C=O) groups is 2. The number of aromatic nitrogens is 2. The van der Waals surface area contributed by atoms with Crippen LogP contribution in [0.5, 0.6) is 0 Å². The van der Waals surface area contributed by atoms with Gasteiger partial charge in [-0.25, -0.2) is 0 Å². The zero-order valence-electron chi connectivity index (χ0n) is 12.4. The lowest BCUT2D eigenvalue weighted by atomic mass is 9.71. The van der Waals surface area contributed by atoms with Gasteiger partial charge in [0.1, 0.15) is 5.01 Å². The van der Waals surface area contributed by atoms with Crippen molar-refractivity contribution in [2.24, 2.45) is 5.92 Å². The maximum absolute atomic E-state index is 11.7. The summed E-state index contributed by atoms with van der Waals surface area (Å²) in [4.78, 5) is 34.4. The summed E-state index contributed by atoms with van der Waals surface area (Å²) in [6.45, 7) is 1.79. The SMILES string of the molecule is CSc1nnc(C2C(C)C([N+](=O)[O-])CC3NC(=O)C(=O)NC32)s1. The lowest BCUT2D eigenvalue weighted by molar-refractivity contribution is -0.536. The third-order valence-electron chi connectivity index (χ3n) is 4.46. The predicted octanol–water partition coefficient (Wildman–Crippen LogP) is 0.0119. The number of carbonyl (C=O) groups excluding carboxylic acids is 2. The molecular formula is C12H15N5O4S2. The number of piperazine rings is 1. The minimum absolute atomic E-state index is 0.190. The summed E-state index contributed by atoms with van der Waals surface area (Å²) in [5.74, 6) is -2.14. The van der Waals surface area contributed by atoms with Gasteiger partial charge < -0.3 is 10.6 Å². The first-order valence-corrected chi connectivity index (χ1v) is 9.08. The van der Waals surface area contributed by atoms with Gasteiger partial charge in [0.05, 0.1) is 12.1 Å². The average Bonchev–Trinajstić information content (AvgIpc) is 2.97. The van der Waals surface area contributed by atoms with Crippen LogP contribution in [0.25, 0.3) is 0 Å². The number of fused-ring (bicyclic) bond motifs is 1. The standard InChI is InChI=1S/C12H15N5O4S2/c1-4-6(17(20)21)3-5-8(14-10(19)9(18)13-5)7(4)11-15-16-12(22-2)23-11/h4-8H,3H2,1-2H3,(H,13,18)(H,14,19). The second-order valence-corrected chi connectivity index (χ2v) is 7.73. The highest BCUT2D eigenvalue weighted by atomic mass is 32.2. The van der Waals surface area contributed by atoms with Crippen molar-refractivity contribution in [3.8, 4) is 0 Å². The fraction of sp³-hybridized carbons (Fsp3) is 0.667. The first kappa shape index (κ1) is 16.1.